The molecule has 1 aliphatic rings. The summed E-state index contributed by atoms with van der Waals surface area (Å²) in [6, 6.07) is 3.84. The quantitative estimate of drug-likeness (QED) is 0.847. The van der Waals surface area contributed by atoms with Gasteiger partial charge in [0.05, 0.1) is 24.7 Å². The zero-order valence-corrected chi connectivity index (χ0v) is 13.3. The van der Waals surface area contributed by atoms with Crippen molar-refractivity contribution in [2.75, 3.05) is 40.3 Å². The Labute approximate surface area is 129 Å². The standard InChI is InChI=1S/C15H21N3O2S/c1-17(2)9-13-10-18(5-7-19-13)8-12-11-21-15(16-12)14-4-3-6-20-14/h3-4,6,11,13H,5,7-10H2,1-2H3. The largest absolute Gasteiger partial charge is 0.462 e. The summed E-state index contributed by atoms with van der Waals surface area (Å²) in [5, 5.41) is 3.07. The van der Waals surface area contributed by atoms with Gasteiger partial charge in [0.1, 0.15) is 0 Å². The second-order valence-electron chi connectivity index (χ2n) is 5.61. The number of ether oxygens (including phenoxy) is 1. The molecular weight excluding hydrogens is 286 g/mol. The highest BCUT2D eigenvalue weighted by Crippen LogP contribution is 2.24. The van der Waals surface area contributed by atoms with E-state index in [9.17, 15) is 0 Å². The van der Waals surface area contributed by atoms with Crippen LogP contribution in [0.1, 0.15) is 5.69 Å². The summed E-state index contributed by atoms with van der Waals surface area (Å²) < 4.78 is 11.2. The van der Waals surface area contributed by atoms with Gasteiger partial charge >= 0.3 is 0 Å². The normalized spacial score (nSPS) is 20.2. The highest BCUT2D eigenvalue weighted by molar-refractivity contribution is 7.13. The van der Waals surface area contributed by atoms with Crippen molar-refractivity contribution in [3.8, 4) is 10.8 Å². The lowest BCUT2D eigenvalue weighted by atomic mass is 10.2. The van der Waals surface area contributed by atoms with E-state index in [-0.39, 0.29) is 6.10 Å². The Kier molecular flexibility index (Phi) is 4.70. The lowest BCUT2D eigenvalue weighted by Crippen LogP contribution is -2.46. The molecule has 1 aliphatic heterocycles. The molecule has 0 N–H and O–H groups in total. The van der Waals surface area contributed by atoms with Crippen LogP contribution in [0.5, 0.6) is 0 Å². The number of aromatic nitrogens is 1. The van der Waals surface area contributed by atoms with Crippen LogP contribution < -0.4 is 0 Å². The lowest BCUT2D eigenvalue weighted by Gasteiger charge is -2.33. The smallest absolute Gasteiger partial charge is 0.162 e. The number of nitrogens with zero attached hydrogens (tertiary/aromatic N) is 3. The zero-order valence-electron chi connectivity index (χ0n) is 12.5. The summed E-state index contributed by atoms with van der Waals surface area (Å²) in [6.45, 7) is 4.58. The number of thiazole rings is 1. The van der Waals surface area contributed by atoms with E-state index in [2.05, 4.69) is 34.3 Å². The zero-order chi connectivity index (χ0) is 14.7. The Balaban J connectivity index is 1.59. The second kappa shape index (κ2) is 6.70. The fraction of sp³-hybridized carbons (Fsp3) is 0.533. The van der Waals surface area contributed by atoms with Gasteiger partial charge in [-0.2, -0.15) is 0 Å². The molecule has 1 atom stereocenters. The first kappa shape index (κ1) is 14.7. The minimum atomic E-state index is 0.289. The van der Waals surface area contributed by atoms with E-state index in [4.69, 9.17) is 9.15 Å². The number of likely N-dealkylation sites (N-methyl/N-ethyl adjacent to an activating group) is 1. The Hall–Kier alpha value is -1.21. The molecule has 0 amide bonds. The first-order valence-electron chi connectivity index (χ1n) is 7.17. The van der Waals surface area contributed by atoms with Crippen molar-refractivity contribution in [1.82, 2.24) is 14.8 Å². The summed E-state index contributed by atoms with van der Waals surface area (Å²) in [7, 11) is 4.16. The van der Waals surface area contributed by atoms with Crippen molar-refractivity contribution >= 4 is 11.3 Å². The van der Waals surface area contributed by atoms with Gasteiger partial charge in [-0.1, -0.05) is 0 Å². The van der Waals surface area contributed by atoms with Crippen LogP contribution in [0, 0.1) is 0 Å². The molecule has 0 spiro atoms. The highest BCUT2D eigenvalue weighted by atomic mass is 32.1. The minimum absolute atomic E-state index is 0.289. The molecule has 0 saturated carbocycles. The molecule has 0 aliphatic carbocycles. The van der Waals surface area contributed by atoms with Gasteiger partial charge in [-0.25, -0.2) is 4.98 Å². The van der Waals surface area contributed by atoms with E-state index in [0.717, 1.165) is 49.2 Å². The van der Waals surface area contributed by atoms with Crippen molar-refractivity contribution in [3.63, 3.8) is 0 Å². The van der Waals surface area contributed by atoms with E-state index in [0.29, 0.717) is 0 Å². The van der Waals surface area contributed by atoms with E-state index in [1.807, 2.05) is 12.1 Å². The van der Waals surface area contributed by atoms with Crippen molar-refractivity contribution < 1.29 is 9.15 Å². The maximum absolute atomic E-state index is 5.80. The molecule has 21 heavy (non-hydrogen) atoms. The third-order valence-electron chi connectivity index (χ3n) is 3.46. The number of rotatable bonds is 5. The molecule has 3 rings (SSSR count). The molecule has 5 nitrogen and oxygen atoms in total. The van der Waals surface area contributed by atoms with Gasteiger partial charge in [0.2, 0.25) is 0 Å². The number of morpholine rings is 1. The van der Waals surface area contributed by atoms with Crippen LogP contribution in [0.4, 0.5) is 0 Å². The molecule has 2 aromatic rings. The van der Waals surface area contributed by atoms with Gasteiger partial charge in [0.25, 0.3) is 0 Å². The van der Waals surface area contributed by atoms with Crippen molar-refractivity contribution in [1.29, 1.82) is 0 Å². The van der Waals surface area contributed by atoms with Gasteiger partial charge in [-0.15, -0.1) is 11.3 Å². The van der Waals surface area contributed by atoms with Crippen LogP contribution >= 0.6 is 11.3 Å². The van der Waals surface area contributed by atoms with Crippen LogP contribution in [0.2, 0.25) is 0 Å². The van der Waals surface area contributed by atoms with Crippen LogP contribution in [0.3, 0.4) is 0 Å². The molecule has 1 fully saturated rings. The number of hydrogen-bond donors (Lipinski definition) is 0. The van der Waals surface area contributed by atoms with Crippen LogP contribution in [-0.4, -0.2) is 61.2 Å². The second-order valence-corrected chi connectivity index (χ2v) is 6.47. The molecular formula is C15H21N3O2S. The fourth-order valence-electron chi connectivity index (χ4n) is 2.56. The lowest BCUT2D eigenvalue weighted by molar-refractivity contribution is -0.0409. The molecule has 0 bridgehead atoms. The van der Waals surface area contributed by atoms with Crippen molar-refractivity contribution in [3.05, 3.63) is 29.5 Å². The summed E-state index contributed by atoms with van der Waals surface area (Å²) in [4.78, 5) is 9.25. The molecule has 1 saturated heterocycles. The monoisotopic (exact) mass is 307 g/mol. The van der Waals surface area contributed by atoms with Gasteiger partial charge in [0, 0.05) is 31.6 Å². The van der Waals surface area contributed by atoms with Crippen molar-refractivity contribution in [2.24, 2.45) is 0 Å². The molecule has 114 valence electrons. The fourth-order valence-corrected chi connectivity index (χ4v) is 3.34. The van der Waals surface area contributed by atoms with E-state index in [1.54, 1.807) is 17.6 Å². The summed E-state index contributed by atoms with van der Waals surface area (Å²) in [5.74, 6) is 0.846. The molecule has 6 heteroatoms. The third-order valence-corrected chi connectivity index (χ3v) is 4.37. The number of hydrogen-bond acceptors (Lipinski definition) is 6. The van der Waals surface area contributed by atoms with Crippen LogP contribution in [0.25, 0.3) is 10.8 Å². The van der Waals surface area contributed by atoms with E-state index in [1.165, 1.54) is 0 Å². The predicted octanol–water partition coefficient (Wildman–Crippen LogP) is 2.17. The van der Waals surface area contributed by atoms with Crippen molar-refractivity contribution in [2.45, 2.75) is 12.6 Å². The van der Waals surface area contributed by atoms with E-state index >= 15 is 0 Å². The highest BCUT2D eigenvalue weighted by Gasteiger charge is 2.21. The van der Waals surface area contributed by atoms with Crippen LogP contribution in [-0.2, 0) is 11.3 Å². The van der Waals surface area contributed by atoms with Gasteiger partial charge in [0.15, 0.2) is 10.8 Å². The Morgan fingerprint density at radius 3 is 3.14 bits per heavy atom. The maximum atomic E-state index is 5.80. The summed E-state index contributed by atoms with van der Waals surface area (Å²) in [6.07, 6.45) is 1.97. The minimum Gasteiger partial charge on any atom is -0.462 e. The molecule has 1 unspecified atom stereocenters. The maximum Gasteiger partial charge on any atom is 0.162 e. The molecule has 0 radical (unpaired) electrons. The van der Waals surface area contributed by atoms with Gasteiger partial charge in [-0.05, 0) is 26.2 Å². The van der Waals surface area contributed by atoms with E-state index < -0.39 is 0 Å². The summed E-state index contributed by atoms with van der Waals surface area (Å²) >= 11 is 1.64. The first-order chi connectivity index (χ1) is 10.2. The van der Waals surface area contributed by atoms with Crippen LogP contribution in [0.15, 0.2) is 28.2 Å². The number of furan rings is 1. The average molecular weight is 307 g/mol. The molecule has 0 aromatic carbocycles. The SMILES string of the molecule is CN(C)CC1CN(Cc2csc(-c3ccco3)n2)CCO1. The Morgan fingerprint density at radius 2 is 2.38 bits per heavy atom. The Morgan fingerprint density at radius 1 is 1.48 bits per heavy atom. The Bertz CT molecular complexity index is 553. The third kappa shape index (κ3) is 3.91. The molecule has 2 aromatic heterocycles. The van der Waals surface area contributed by atoms with Gasteiger partial charge in [-0.3, -0.25) is 4.90 Å². The summed E-state index contributed by atoms with van der Waals surface area (Å²) in [5.41, 5.74) is 1.11. The average Bonchev–Trinajstić information content (AvgIpc) is 3.08. The first-order valence-corrected chi connectivity index (χ1v) is 8.05. The molecule has 3 heterocycles. The predicted molar refractivity (Wildman–Crippen MR) is 83.4 cm³/mol. The van der Waals surface area contributed by atoms with Gasteiger partial charge < -0.3 is 14.1 Å². The topological polar surface area (TPSA) is 41.7 Å².